The summed E-state index contributed by atoms with van der Waals surface area (Å²) in [4.78, 5) is 16.5. The number of carbonyl (C=O) groups is 1. The van der Waals surface area contributed by atoms with Gasteiger partial charge < -0.3 is 9.80 Å². The maximum atomic E-state index is 12.4. The number of likely N-dealkylation sites (tertiary alicyclic amines) is 1. The van der Waals surface area contributed by atoms with E-state index in [9.17, 15) is 4.79 Å². The molecule has 104 valence electrons. The van der Waals surface area contributed by atoms with Crippen LogP contribution in [-0.4, -0.2) is 49.4 Å². The molecule has 3 nitrogen and oxygen atoms in total. The largest absolute Gasteiger partial charge is 0.341 e. The Morgan fingerprint density at radius 1 is 1.58 bits per heavy atom. The molecule has 0 aromatic heterocycles. The molecule has 0 aliphatic carbocycles. The molecule has 1 amide bonds. The molecule has 0 saturated carbocycles. The zero-order valence-corrected chi connectivity index (χ0v) is 13.5. The van der Waals surface area contributed by atoms with Crippen LogP contribution in [0.3, 0.4) is 0 Å². The molecule has 1 atom stereocenters. The summed E-state index contributed by atoms with van der Waals surface area (Å²) in [6.45, 7) is 2.96. The van der Waals surface area contributed by atoms with Gasteiger partial charge in [0, 0.05) is 24.6 Å². The van der Waals surface area contributed by atoms with Crippen molar-refractivity contribution in [1.29, 1.82) is 0 Å². The van der Waals surface area contributed by atoms with Crippen molar-refractivity contribution in [1.82, 2.24) is 9.80 Å². The van der Waals surface area contributed by atoms with Crippen LogP contribution in [0, 0.1) is 5.92 Å². The van der Waals surface area contributed by atoms with Gasteiger partial charge in [-0.1, -0.05) is 17.7 Å². The smallest absolute Gasteiger partial charge is 0.255 e. The van der Waals surface area contributed by atoms with Gasteiger partial charge in [0.2, 0.25) is 0 Å². The molecular weight excluding hydrogens is 328 g/mol. The van der Waals surface area contributed by atoms with Crippen molar-refractivity contribution >= 4 is 33.4 Å². The molecule has 1 aliphatic rings. The molecule has 1 fully saturated rings. The standard InChI is InChI=1S/C14H18BrClN2O/c1-17-7-6-10(8-17)9-18(2)14(19)11-4-3-5-12(15)13(11)16/h3-5,10H,6-9H2,1-2H3. The van der Waals surface area contributed by atoms with Gasteiger partial charge in [0.1, 0.15) is 0 Å². The fourth-order valence-electron chi connectivity index (χ4n) is 2.52. The highest BCUT2D eigenvalue weighted by Crippen LogP contribution is 2.27. The van der Waals surface area contributed by atoms with Gasteiger partial charge in [-0.3, -0.25) is 4.79 Å². The first-order chi connectivity index (χ1) is 8.99. The Labute approximate surface area is 127 Å². The van der Waals surface area contributed by atoms with Gasteiger partial charge in [-0.05, 0) is 54.0 Å². The first-order valence-electron chi connectivity index (χ1n) is 6.37. The summed E-state index contributed by atoms with van der Waals surface area (Å²) in [6.07, 6.45) is 1.15. The first kappa shape index (κ1) is 14.8. The van der Waals surface area contributed by atoms with Crippen LogP contribution in [0.2, 0.25) is 5.02 Å². The van der Waals surface area contributed by atoms with Crippen LogP contribution in [0.1, 0.15) is 16.8 Å². The minimum Gasteiger partial charge on any atom is -0.341 e. The van der Waals surface area contributed by atoms with E-state index in [-0.39, 0.29) is 5.91 Å². The third-order valence-corrected chi connectivity index (χ3v) is 4.85. The molecule has 1 aromatic carbocycles. The molecular formula is C14H18BrClN2O. The molecule has 0 radical (unpaired) electrons. The lowest BCUT2D eigenvalue weighted by atomic mass is 10.1. The summed E-state index contributed by atoms with van der Waals surface area (Å²) in [5.74, 6) is 0.547. The Morgan fingerprint density at radius 2 is 2.32 bits per heavy atom. The summed E-state index contributed by atoms with van der Waals surface area (Å²) in [5.41, 5.74) is 0.560. The Hall–Kier alpha value is -0.580. The summed E-state index contributed by atoms with van der Waals surface area (Å²) < 4.78 is 0.758. The van der Waals surface area contributed by atoms with Gasteiger partial charge in [-0.2, -0.15) is 0 Å². The van der Waals surface area contributed by atoms with Gasteiger partial charge in [-0.25, -0.2) is 0 Å². The molecule has 0 N–H and O–H groups in total. The molecule has 2 rings (SSSR count). The van der Waals surface area contributed by atoms with E-state index in [1.165, 1.54) is 0 Å². The van der Waals surface area contributed by atoms with Crippen LogP contribution < -0.4 is 0 Å². The van der Waals surface area contributed by atoms with Crippen LogP contribution in [0.4, 0.5) is 0 Å². The van der Waals surface area contributed by atoms with E-state index in [0.29, 0.717) is 16.5 Å². The summed E-state index contributed by atoms with van der Waals surface area (Å²) in [6, 6.07) is 5.44. The minimum absolute atomic E-state index is 0.0131. The molecule has 5 heteroatoms. The highest BCUT2D eigenvalue weighted by molar-refractivity contribution is 9.10. The zero-order valence-electron chi connectivity index (χ0n) is 11.2. The lowest BCUT2D eigenvalue weighted by molar-refractivity contribution is 0.0774. The number of benzene rings is 1. The van der Waals surface area contributed by atoms with Crippen LogP contribution in [0.5, 0.6) is 0 Å². The van der Waals surface area contributed by atoms with Gasteiger partial charge >= 0.3 is 0 Å². The number of hydrogen-bond acceptors (Lipinski definition) is 2. The molecule has 1 aromatic rings. The fourth-order valence-corrected chi connectivity index (χ4v) is 3.09. The minimum atomic E-state index is -0.0131. The van der Waals surface area contributed by atoms with Crippen molar-refractivity contribution in [2.24, 2.45) is 5.92 Å². The number of rotatable bonds is 3. The van der Waals surface area contributed by atoms with E-state index in [1.54, 1.807) is 11.0 Å². The Kier molecular flexibility index (Phi) is 4.87. The van der Waals surface area contributed by atoms with Crippen LogP contribution in [-0.2, 0) is 0 Å². The van der Waals surface area contributed by atoms with E-state index >= 15 is 0 Å². The Bertz CT molecular complexity index is 481. The van der Waals surface area contributed by atoms with Crippen molar-refractivity contribution in [3.05, 3.63) is 33.3 Å². The third kappa shape index (κ3) is 3.50. The summed E-state index contributed by atoms with van der Waals surface area (Å²) in [5, 5.41) is 0.489. The van der Waals surface area contributed by atoms with E-state index in [4.69, 9.17) is 11.6 Å². The first-order valence-corrected chi connectivity index (χ1v) is 7.54. The van der Waals surface area contributed by atoms with E-state index in [0.717, 1.165) is 30.5 Å². The topological polar surface area (TPSA) is 23.6 Å². The van der Waals surface area contributed by atoms with Gasteiger partial charge in [0.25, 0.3) is 5.91 Å². The summed E-state index contributed by atoms with van der Waals surface area (Å²) in [7, 11) is 3.96. The molecule has 1 unspecified atom stereocenters. The highest BCUT2D eigenvalue weighted by Gasteiger charge is 2.24. The Balaban J connectivity index is 2.04. The van der Waals surface area contributed by atoms with Crippen molar-refractivity contribution in [2.75, 3.05) is 33.7 Å². The lowest BCUT2D eigenvalue weighted by Crippen LogP contribution is -2.33. The van der Waals surface area contributed by atoms with Crippen molar-refractivity contribution in [3.8, 4) is 0 Å². The average Bonchev–Trinajstić information content (AvgIpc) is 2.77. The zero-order chi connectivity index (χ0) is 14.0. The number of hydrogen-bond donors (Lipinski definition) is 0. The number of nitrogens with zero attached hydrogens (tertiary/aromatic N) is 2. The SMILES string of the molecule is CN1CCC(CN(C)C(=O)c2cccc(Br)c2Cl)C1. The third-order valence-electron chi connectivity index (χ3n) is 3.55. The second-order valence-electron chi connectivity index (χ2n) is 5.20. The maximum Gasteiger partial charge on any atom is 0.255 e. The number of carbonyl (C=O) groups excluding carboxylic acids is 1. The monoisotopic (exact) mass is 344 g/mol. The normalized spacial score (nSPS) is 19.7. The fraction of sp³-hybridized carbons (Fsp3) is 0.500. The molecule has 1 heterocycles. The van der Waals surface area contributed by atoms with Gasteiger partial charge in [0.05, 0.1) is 10.6 Å². The van der Waals surface area contributed by atoms with E-state index in [2.05, 4.69) is 27.9 Å². The number of halogens is 2. The number of amides is 1. The molecule has 1 saturated heterocycles. The van der Waals surface area contributed by atoms with Crippen LogP contribution >= 0.6 is 27.5 Å². The molecule has 0 bridgehead atoms. The lowest BCUT2D eigenvalue weighted by Gasteiger charge is -2.22. The van der Waals surface area contributed by atoms with Gasteiger partial charge in [-0.15, -0.1) is 0 Å². The molecule has 1 aliphatic heterocycles. The van der Waals surface area contributed by atoms with Crippen molar-refractivity contribution in [2.45, 2.75) is 6.42 Å². The Morgan fingerprint density at radius 3 is 2.95 bits per heavy atom. The second-order valence-corrected chi connectivity index (χ2v) is 6.44. The molecule has 0 spiro atoms. The predicted octanol–water partition coefficient (Wildman–Crippen LogP) is 3.13. The van der Waals surface area contributed by atoms with E-state index in [1.807, 2.05) is 19.2 Å². The maximum absolute atomic E-state index is 12.4. The van der Waals surface area contributed by atoms with Crippen LogP contribution in [0.15, 0.2) is 22.7 Å². The van der Waals surface area contributed by atoms with Crippen molar-refractivity contribution in [3.63, 3.8) is 0 Å². The summed E-state index contributed by atoms with van der Waals surface area (Å²) >= 11 is 9.52. The van der Waals surface area contributed by atoms with Crippen molar-refractivity contribution < 1.29 is 4.79 Å². The quantitative estimate of drug-likeness (QED) is 0.840. The predicted molar refractivity (Wildman–Crippen MR) is 81.7 cm³/mol. The molecule has 19 heavy (non-hydrogen) atoms. The van der Waals surface area contributed by atoms with Gasteiger partial charge in [0.15, 0.2) is 0 Å². The average molecular weight is 346 g/mol. The van der Waals surface area contributed by atoms with Crippen LogP contribution in [0.25, 0.3) is 0 Å². The van der Waals surface area contributed by atoms with E-state index < -0.39 is 0 Å². The second kappa shape index (κ2) is 6.25. The highest BCUT2D eigenvalue weighted by atomic mass is 79.9.